The third-order valence-electron chi connectivity index (χ3n) is 6.93. The molecule has 1 saturated heterocycles. The summed E-state index contributed by atoms with van der Waals surface area (Å²) in [6.45, 7) is 1.70. The molecule has 2 aliphatic heterocycles. The number of methoxy groups -OCH3 is 2. The van der Waals surface area contributed by atoms with E-state index in [2.05, 4.69) is 15.7 Å². The SMILES string of the molecule is COc1cc(OCc2csc(C3(NC(=O)CN(C)C)CCOCC3)n2)c2cc(-c3cn4c(n3)SC(OC)N4)oc2c1. The van der Waals surface area contributed by atoms with Crippen molar-refractivity contribution < 1.29 is 28.2 Å². The number of thiazole rings is 1. The van der Waals surface area contributed by atoms with Crippen molar-refractivity contribution in [2.75, 3.05) is 53.5 Å². The predicted molar refractivity (Wildman–Crippen MR) is 155 cm³/mol. The van der Waals surface area contributed by atoms with Crippen LogP contribution < -0.4 is 20.2 Å². The zero-order chi connectivity index (χ0) is 28.6. The van der Waals surface area contributed by atoms with Crippen molar-refractivity contribution in [2.24, 2.45) is 0 Å². The normalized spacial score (nSPS) is 17.9. The second kappa shape index (κ2) is 11.5. The van der Waals surface area contributed by atoms with Gasteiger partial charge in [-0.2, -0.15) is 0 Å². The number of thioether (sulfide) groups is 1. The number of carbonyl (C=O) groups excluding carboxylic acids is 1. The lowest BCUT2D eigenvalue weighted by molar-refractivity contribution is -0.125. The highest BCUT2D eigenvalue weighted by Gasteiger charge is 2.39. The van der Waals surface area contributed by atoms with Gasteiger partial charge < -0.3 is 33.6 Å². The monoisotopic (exact) mass is 600 g/mol. The molecule has 0 spiro atoms. The lowest BCUT2D eigenvalue weighted by atomic mass is 9.90. The molecule has 1 aromatic carbocycles. The van der Waals surface area contributed by atoms with E-state index in [9.17, 15) is 4.79 Å². The minimum absolute atomic E-state index is 0.0322. The number of furan rings is 1. The van der Waals surface area contributed by atoms with Gasteiger partial charge in [-0.15, -0.1) is 11.3 Å². The molecule has 41 heavy (non-hydrogen) atoms. The van der Waals surface area contributed by atoms with Crippen LogP contribution in [0.3, 0.4) is 0 Å². The Hall–Kier alpha value is -3.30. The Balaban J connectivity index is 1.22. The average molecular weight is 601 g/mol. The molecule has 218 valence electrons. The Morgan fingerprint density at radius 1 is 1.24 bits per heavy atom. The Morgan fingerprint density at radius 3 is 2.80 bits per heavy atom. The molecule has 3 aromatic heterocycles. The Kier molecular flexibility index (Phi) is 7.83. The van der Waals surface area contributed by atoms with Crippen molar-refractivity contribution in [3.63, 3.8) is 0 Å². The number of rotatable bonds is 10. The quantitative estimate of drug-likeness (QED) is 0.277. The molecule has 1 unspecified atom stereocenters. The number of likely N-dealkylation sites (N-methyl/N-ethyl adjacent to an activating group) is 1. The van der Waals surface area contributed by atoms with Crippen molar-refractivity contribution in [1.82, 2.24) is 24.9 Å². The molecule has 1 amide bonds. The van der Waals surface area contributed by atoms with Crippen LogP contribution in [0.25, 0.3) is 22.4 Å². The summed E-state index contributed by atoms with van der Waals surface area (Å²) >= 11 is 3.02. The van der Waals surface area contributed by atoms with Gasteiger partial charge in [-0.05, 0) is 31.9 Å². The fourth-order valence-electron chi connectivity index (χ4n) is 4.89. The van der Waals surface area contributed by atoms with E-state index >= 15 is 0 Å². The zero-order valence-electron chi connectivity index (χ0n) is 23.3. The van der Waals surface area contributed by atoms with Crippen LogP contribution in [0.5, 0.6) is 11.5 Å². The minimum atomic E-state index is -0.543. The maximum atomic E-state index is 12.7. The first-order valence-electron chi connectivity index (χ1n) is 13.1. The summed E-state index contributed by atoms with van der Waals surface area (Å²) in [5, 5.41) is 7.68. The summed E-state index contributed by atoms with van der Waals surface area (Å²) in [5.41, 5.74) is 4.57. The second-order valence-electron chi connectivity index (χ2n) is 10.2. The Labute approximate surface area is 245 Å². The van der Waals surface area contributed by atoms with Crippen LogP contribution in [0.15, 0.2) is 39.3 Å². The van der Waals surface area contributed by atoms with Gasteiger partial charge in [0.2, 0.25) is 5.91 Å². The molecule has 6 rings (SSSR count). The number of amides is 1. The van der Waals surface area contributed by atoms with E-state index in [1.54, 1.807) is 14.2 Å². The van der Waals surface area contributed by atoms with Gasteiger partial charge in [-0.25, -0.2) is 14.6 Å². The van der Waals surface area contributed by atoms with Gasteiger partial charge in [0, 0.05) is 50.7 Å². The molecule has 0 saturated carbocycles. The molecule has 0 radical (unpaired) electrons. The standard InChI is InChI=1S/C27H32N6O6S2/c1-32(2)13-23(34)30-27(5-7-37-8-6-27)24-28-16(15-40-24)14-38-20-9-17(35-3)10-21-18(20)11-22(39-21)19-12-33-25(29-19)41-26(31-33)36-4/h9-12,15,26,31H,5-8,13-14H2,1-4H3,(H,30,34). The first-order valence-corrected chi connectivity index (χ1v) is 14.9. The topological polar surface area (TPSA) is 125 Å². The summed E-state index contributed by atoms with van der Waals surface area (Å²) < 4.78 is 30.7. The van der Waals surface area contributed by atoms with Crippen LogP contribution in [0.4, 0.5) is 0 Å². The third kappa shape index (κ3) is 5.75. The summed E-state index contributed by atoms with van der Waals surface area (Å²) in [7, 11) is 7.00. The third-order valence-corrected chi connectivity index (χ3v) is 9.03. The summed E-state index contributed by atoms with van der Waals surface area (Å²) in [5.74, 6) is 1.81. The Morgan fingerprint density at radius 2 is 2.07 bits per heavy atom. The highest BCUT2D eigenvalue weighted by Crippen LogP contribution is 2.39. The number of nitrogens with zero attached hydrogens (tertiary/aromatic N) is 4. The fraction of sp³-hybridized carbons (Fsp3) is 0.444. The van der Waals surface area contributed by atoms with Crippen molar-refractivity contribution >= 4 is 40.0 Å². The number of benzene rings is 1. The van der Waals surface area contributed by atoms with Crippen molar-refractivity contribution in [1.29, 1.82) is 0 Å². The molecule has 1 atom stereocenters. The summed E-state index contributed by atoms with van der Waals surface area (Å²) in [6.07, 6.45) is 3.22. The van der Waals surface area contributed by atoms with Crippen LogP contribution >= 0.6 is 23.1 Å². The smallest absolute Gasteiger partial charge is 0.234 e. The number of fused-ring (bicyclic) bond motifs is 2. The Bertz CT molecular complexity index is 1520. The number of aromatic nitrogens is 3. The number of hydrogen-bond donors (Lipinski definition) is 2. The lowest BCUT2D eigenvalue weighted by Crippen LogP contribution is -2.51. The second-order valence-corrected chi connectivity index (χ2v) is 12.0. The molecule has 4 aromatic rings. The van der Waals surface area contributed by atoms with Gasteiger partial charge in [0.15, 0.2) is 16.5 Å². The van der Waals surface area contributed by atoms with Gasteiger partial charge in [-0.3, -0.25) is 10.2 Å². The number of carbonyl (C=O) groups is 1. The van der Waals surface area contributed by atoms with Gasteiger partial charge in [0.1, 0.15) is 34.4 Å². The number of imidazole rings is 1. The maximum absolute atomic E-state index is 12.7. The molecular formula is C27H32N6O6S2. The molecule has 2 aliphatic rings. The number of nitrogens with one attached hydrogen (secondary N) is 2. The van der Waals surface area contributed by atoms with Crippen LogP contribution in [0, 0.1) is 0 Å². The van der Waals surface area contributed by atoms with E-state index in [0.29, 0.717) is 61.1 Å². The van der Waals surface area contributed by atoms with Gasteiger partial charge in [-0.1, -0.05) is 0 Å². The van der Waals surface area contributed by atoms with Gasteiger partial charge in [0.25, 0.3) is 0 Å². The molecule has 1 fully saturated rings. The molecule has 0 aliphatic carbocycles. The number of ether oxygens (including phenoxy) is 4. The van der Waals surface area contributed by atoms with Gasteiger partial charge in [0.05, 0.1) is 36.5 Å². The van der Waals surface area contributed by atoms with Crippen LogP contribution in [0.1, 0.15) is 23.5 Å². The van der Waals surface area contributed by atoms with Crippen molar-refractivity contribution in [3.8, 4) is 23.0 Å². The summed E-state index contributed by atoms with van der Waals surface area (Å²) in [4.78, 5) is 24.1. The highest BCUT2D eigenvalue weighted by molar-refractivity contribution is 7.99. The highest BCUT2D eigenvalue weighted by atomic mass is 32.2. The first-order chi connectivity index (χ1) is 19.9. The van der Waals surface area contributed by atoms with Crippen LogP contribution in [-0.2, 0) is 26.4 Å². The summed E-state index contributed by atoms with van der Waals surface area (Å²) in [6, 6.07) is 5.59. The lowest BCUT2D eigenvalue weighted by Gasteiger charge is -2.36. The van der Waals surface area contributed by atoms with Crippen molar-refractivity contribution in [3.05, 3.63) is 40.5 Å². The molecule has 12 nitrogen and oxygen atoms in total. The average Bonchev–Trinajstić information content (AvgIpc) is 3.74. The minimum Gasteiger partial charge on any atom is -0.496 e. The predicted octanol–water partition coefficient (Wildman–Crippen LogP) is 3.60. The van der Waals surface area contributed by atoms with E-state index in [4.69, 9.17) is 28.3 Å². The van der Waals surface area contributed by atoms with Crippen LogP contribution in [0.2, 0.25) is 0 Å². The van der Waals surface area contributed by atoms with Crippen molar-refractivity contribution in [2.45, 2.75) is 35.7 Å². The maximum Gasteiger partial charge on any atom is 0.234 e. The van der Waals surface area contributed by atoms with E-state index in [1.807, 2.05) is 53.4 Å². The molecule has 5 heterocycles. The molecule has 14 heteroatoms. The van der Waals surface area contributed by atoms with E-state index in [1.165, 1.54) is 23.1 Å². The number of hydrogen-bond acceptors (Lipinski definition) is 12. The zero-order valence-corrected chi connectivity index (χ0v) is 24.9. The fourth-order valence-corrected chi connectivity index (χ4v) is 6.73. The largest absolute Gasteiger partial charge is 0.496 e. The van der Waals surface area contributed by atoms with Crippen LogP contribution in [-0.4, -0.2) is 79.1 Å². The van der Waals surface area contributed by atoms with Gasteiger partial charge >= 0.3 is 0 Å². The van der Waals surface area contributed by atoms with E-state index in [0.717, 1.165) is 21.2 Å². The first kappa shape index (κ1) is 27.8. The molecule has 2 N–H and O–H groups in total. The molecular weight excluding hydrogens is 568 g/mol. The van der Waals surface area contributed by atoms with E-state index < -0.39 is 5.54 Å². The van der Waals surface area contributed by atoms with E-state index in [-0.39, 0.29) is 18.1 Å². The molecule has 0 bridgehead atoms.